The van der Waals surface area contributed by atoms with Crippen molar-refractivity contribution in [2.45, 2.75) is 39.2 Å². The first-order valence-corrected chi connectivity index (χ1v) is 13.9. The number of benzene rings is 3. The summed E-state index contributed by atoms with van der Waals surface area (Å²) >= 11 is 0. The highest BCUT2D eigenvalue weighted by molar-refractivity contribution is 5.98. The minimum Gasteiger partial charge on any atom is -0.337 e. The molecule has 1 saturated carbocycles. The second kappa shape index (κ2) is 11.4. The van der Waals surface area contributed by atoms with Crippen molar-refractivity contribution < 1.29 is 4.39 Å². The van der Waals surface area contributed by atoms with Crippen LogP contribution in [0, 0.1) is 11.7 Å². The monoisotopic (exact) mass is 532 g/mol. The molecule has 7 rings (SSSR count). The van der Waals surface area contributed by atoms with E-state index in [2.05, 4.69) is 50.6 Å². The number of para-hydroxylation sites is 1. The van der Waals surface area contributed by atoms with Gasteiger partial charge in [-0.05, 0) is 54.4 Å². The van der Waals surface area contributed by atoms with Crippen LogP contribution in [0.15, 0.2) is 79.1 Å². The summed E-state index contributed by atoms with van der Waals surface area (Å²) in [7, 11) is 1.92. The van der Waals surface area contributed by atoms with Crippen molar-refractivity contribution in [3.8, 4) is 33.8 Å². The van der Waals surface area contributed by atoms with Gasteiger partial charge >= 0.3 is 0 Å². The van der Waals surface area contributed by atoms with E-state index in [-0.39, 0.29) is 5.82 Å². The Hall–Kier alpha value is -4.36. The molecule has 0 aliphatic heterocycles. The van der Waals surface area contributed by atoms with E-state index < -0.39 is 0 Å². The van der Waals surface area contributed by atoms with E-state index in [1.54, 1.807) is 12.1 Å². The number of nitrogens with zero attached hydrogens (tertiary/aromatic N) is 3. The lowest BCUT2D eigenvalue weighted by Gasteiger charge is -2.05. The second-order valence-corrected chi connectivity index (χ2v) is 10.6. The van der Waals surface area contributed by atoms with Gasteiger partial charge < -0.3 is 10.3 Å². The third-order valence-corrected chi connectivity index (χ3v) is 7.62. The minimum absolute atomic E-state index is 0.275. The fraction of sp³-hybridized carbons (Fsp3) is 0.242. The van der Waals surface area contributed by atoms with Crippen LogP contribution in [0.2, 0.25) is 0 Å². The molecule has 7 heteroatoms. The van der Waals surface area contributed by atoms with Crippen LogP contribution in [0.4, 0.5) is 4.39 Å². The number of aromatic amines is 2. The van der Waals surface area contributed by atoms with Gasteiger partial charge in [0.15, 0.2) is 5.82 Å². The quantitative estimate of drug-likeness (QED) is 0.211. The Morgan fingerprint density at radius 2 is 1.73 bits per heavy atom. The summed E-state index contributed by atoms with van der Waals surface area (Å²) in [6.45, 7) is 3.09. The number of hydrogen-bond donors (Lipinski definition) is 3. The summed E-state index contributed by atoms with van der Waals surface area (Å²) in [6, 6.07) is 20.8. The highest BCUT2D eigenvalue weighted by Crippen LogP contribution is 2.34. The number of imidazole rings is 1. The number of nitrogens with one attached hydrogen (secondary N) is 3. The molecule has 1 aliphatic rings. The van der Waals surface area contributed by atoms with E-state index in [9.17, 15) is 4.39 Å². The molecule has 0 unspecified atom stereocenters. The van der Waals surface area contributed by atoms with Crippen LogP contribution >= 0.6 is 0 Å². The van der Waals surface area contributed by atoms with Crippen LogP contribution in [-0.4, -0.2) is 32.2 Å². The Kier molecular flexibility index (Phi) is 7.38. The van der Waals surface area contributed by atoms with Gasteiger partial charge in [0.05, 0.1) is 16.6 Å². The van der Waals surface area contributed by atoms with E-state index >= 15 is 0 Å². The molecule has 0 atom stereocenters. The van der Waals surface area contributed by atoms with Crippen LogP contribution in [0.5, 0.6) is 0 Å². The summed E-state index contributed by atoms with van der Waals surface area (Å²) < 4.78 is 14.5. The molecule has 6 aromatic rings. The largest absolute Gasteiger partial charge is 0.337 e. The van der Waals surface area contributed by atoms with Gasteiger partial charge in [-0.1, -0.05) is 69.0 Å². The Morgan fingerprint density at radius 3 is 2.50 bits per heavy atom. The number of rotatable bonds is 5. The summed E-state index contributed by atoms with van der Waals surface area (Å²) in [6.07, 6.45) is 9.67. The first-order chi connectivity index (χ1) is 19.6. The standard InChI is InChI=1S/C27H21FN6.C6H12/c1-29-13-16-11-18(15-30-14-16)17-9-10-23-21(12-17)26(34-33-23)27-31-24-8-4-6-20(25(24)32-27)19-5-2-3-7-22(19)28;1-6-4-2-3-5-6/h2-12,14-15,29H,13H2,1H3,(H,31,32)(H,33,34);6H,2-5H2,1H3. The highest BCUT2D eigenvalue weighted by Gasteiger charge is 2.17. The summed E-state index contributed by atoms with van der Waals surface area (Å²) in [5.41, 5.74) is 7.62. The molecular weight excluding hydrogens is 499 g/mol. The maximum Gasteiger partial charge on any atom is 0.159 e. The van der Waals surface area contributed by atoms with Crippen molar-refractivity contribution in [3.63, 3.8) is 0 Å². The lowest BCUT2D eigenvalue weighted by molar-refractivity contribution is 0.612. The van der Waals surface area contributed by atoms with Crippen LogP contribution in [0.1, 0.15) is 38.2 Å². The molecule has 1 fully saturated rings. The molecule has 0 spiro atoms. The minimum atomic E-state index is -0.275. The topological polar surface area (TPSA) is 82.3 Å². The lowest BCUT2D eigenvalue weighted by atomic mass is 10.0. The summed E-state index contributed by atoms with van der Waals surface area (Å²) in [5.74, 6) is 1.40. The van der Waals surface area contributed by atoms with Crippen LogP contribution < -0.4 is 5.32 Å². The van der Waals surface area contributed by atoms with Gasteiger partial charge in [-0.3, -0.25) is 10.1 Å². The molecule has 40 heavy (non-hydrogen) atoms. The molecule has 0 amide bonds. The Labute approximate surface area is 233 Å². The molecule has 0 saturated heterocycles. The number of H-pyrrole nitrogens is 2. The number of aromatic nitrogens is 5. The van der Waals surface area contributed by atoms with E-state index in [1.807, 2.05) is 49.8 Å². The number of hydrogen-bond acceptors (Lipinski definition) is 4. The number of pyridine rings is 1. The molecular formula is C33H33FN6. The van der Waals surface area contributed by atoms with E-state index in [0.717, 1.165) is 51.1 Å². The smallest absolute Gasteiger partial charge is 0.159 e. The molecule has 3 aromatic heterocycles. The van der Waals surface area contributed by atoms with Crippen molar-refractivity contribution in [3.05, 3.63) is 90.5 Å². The van der Waals surface area contributed by atoms with Crippen molar-refractivity contribution in [1.29, 1.82) is 0 Å². The van der Waals surface area contributed by atoms with E-state index in [4.69, 9.17) is 4.98 Å². The van der Waals surface area contributed by atoms with Gasteiger partial charge in [-0.2, -0.15) is 5.10 Å². The molecule has 0 radical (unpaired) electrons. The molecule has 1 aliphatic carbocycles. The predicted molar refractivity (Wildman–Crippen MR) is 160 cm³/mol. The van der Waals surface area contributed by atoms with E-state index in [0.29, 0.717) is 22.6 Å². The Bertz CT molecular complexity index is 1760. The molecule has 6 nitrogen and oxygen atoms in total. The fourth-order valence-corrected chi connectivity index (χ4v) is 5.49. The zero-order valence-electron chi connectivity index (χ0n) is 22.8. The van der Waals surface area contributed by atoms with Gasteiger partial charge in [0.25, 0.3) is 0 Å². The van der Waals surface area contributed by atoms with Crippen LogP contribution in [-0.2, 0) is 6.54 Å². The first-order valence-electron chi connectivity index (χ1n) is 13.9. The lowest BCUT2D eigenvalue weighted by Crippen LogP contribution is -2.05. The molecule has 3 N–H and O–H groups in total. The third kappa shape index (κ3) is 5.25. The number of halogens is 1. The van der Waals surface area contributed by atoms with Crippen LogP contribution in [0.25, 0.3) is 55.7 Å². The van der Waals surface area contributed by atoms with Crippen molar-refractivity contribution in [2.24, 2.45) is 5.92 Å². The normalized spacial score (nSPS) is 13.6. The van der Waals surface area contributed by atoms with Gasteiger partial charge in [-0.15, -0.1) is 0 Å². The van der Waals surface area contributed by atoms with Crippen molar-refractivity contribution >= 4 is 21.9 Å². The van der Waals surface area contributed by atoms with Crippen molar-refractivity contribution in [1.82, 2.24) is 30.5 Å². The SMILES string of the molecule is CC1CCCC1.CNCc1cncc(-c2ccc3[nH]nc(-c4nc5c(-c6ccccc6F)cccc5[nH]4)c3c2)c1. The molecule has 0 bridgehead atoms. The Balaban J connectivity index is 0.000000429. The molecule has 202 valence electrons. The average Bonchev–Trinajstić information content (AvgIpc) is 3.73. The predicted octanol–water partition coefficient (Wildman–Crippen LogP) is 7.89. The number of fused-ring (bicyclic) bond motifs is 2. The van der Waals surface area contributed by atoms with Gasteiger partial charge in [-0.25, -0.2) is 9.37 Å². The third-order valence-electron chi connectivity index (χ3n) is 7.62. The van der Waals surface area contributed by atoms with Gasteiger partial charge in [0, 0.05) is 41.0 Å². The zero-order chi connectivity index (χ0) is 27.5. The zero-order valence-corrected chi connectivity index (χ0v) is 22.8. The van der Waals surface area contributed by atoms with Gasteiger partial charge in [0.1, 0.15) is 11.5 Å². The summed E-state index contributed by atoms with van der Waals surface area (Å²) in [5, 5.41) is 11.8. The van der Waals surface area contributed by atoms with Crippen molar-refractivity contribution in [2.75, 3.05) is 7.05 Å². The molecule has 3 aromatic carbocycles. The maximum atomic E-state index is 14.5. The first kappa shape index (κ1) is 25.9. The van der Waals surface area contributed by atoms with E-state index in [1.165, 1.54) is 31.7 Å². The summed E-state index contributed by atoms with van der Waals surface area (Å²) in [4.78, 5) is 12.6. The van der Waals surface area contributed by atoms with Gasteiger partial charge in [0.2, 0.25) is 0 Å². The molecule has 3 heterocycles. The maximum absolute atomic E-state index is 14.5. The highest BCUT2D eigenvalue weighted by atomic mass is 19.1. The second-order valence-electron chi connectivity index (χ2n) is 10.6. The van der Waals surface area contributed by atoms with Crippen LogP contribution in [0.3, 0.4) is 0 Å². The average molecular weight is 533 g/mol. The fourth-order valence-electron chi connectivity index (χ4n) is 5.49. The Morgan fingerprint density at radius 1 is 0.900 bits per heavy atom.